The highest BCUT2D eigenvalue weighted by Gasteiger charge is 2.26. The van der Waals surface area contributed by atoms with Crippen LogP contribution in [0.2, 0.25) is 0 Å². The third-order valence-corrected chi connectivity index (χ3v) is 3.11. The number of hydrogen-bond acceptors (Lipinski definition) is 4. The van der Waals surface area contributed by atoms with Crippen LogP contribution in [-0.2, 0) is 0 Å². The summed E-state index contributed by atoms with van der Waals surface area (Å²) < 4.78 is 10.5. The van der Waals surface area contributed by atoms with E-state index in [0.717, 1.165) is 0 Å². The molecule has 1 aromatic carbocycles. The molecule has 0 spiro atoms. The first-order chi connectivity index (χ1) is 8.50. The molecule has 0 saturated carbocycles. The normalized spacial score (nSPS) is 15.2. The van der Waals surface area contributed by atoms with Crippen molar-refractivity contribution < 1.29 is 14.3 Å². The molecule has 0 fully saturated rings. The molecule has 1 aromatic rings. The molecule has 0 N–H and O–H groups in total. The van der Waals surface area contributed by atoms with Gasteiger partial charge in [-0.15, -0.1) is 0 Å². The summed E-state index contributed by atoms with van der Waals surface area (Å²) in [6.07, 6.45) is 0. The van der Waals surface area contributed by atoms with Gasteiger partial charge in [-0.05, 0) is 38.2 Å². The van der Waals surface area contributed by atoms with E-state index in [1.54, 1.807) is 18.2 Å². The summed E-state index contributed by atoms with van der Waals surface area (Å²) >= 11 is 0. The molecule has 0 saturated heterocycles. The SMILES string of the molecule is CC(C)C(C(=O)c1ccc2c(c1)OCO2)N(C)C. The van der Waals surface area contributed by atoms with Gasteiger partial charge in [-0.2, -0.15) is 0 Å². The van der Waals surface area contributed by atoms with Crippen LogP contribution in [0.4, 0.5) is 0 Å². The fraction of sp³-hybridized carbons (Fsp3) is 0.500. The number of Topliss-reactive ketones (excluding diaryl/α,β-unsaturated/α-hetero) is 1. The number of likely N-dealkylation sites (N-methyl/N-ethyl adjacent to an activating group) is 1. The van der Waals surface area contributed by atoms with Crippen molar-refractivity contribution in [2.24, 2.45) is 5.92 Å². The monoisotopic (exact) mass is 249 g/mol. The highest BCUT2D eigenvalue weighted by molar-refractivity contribution is 6.00. The molecular weight excluding hydrogens is 230 g/mol. The predicted octanol–water partition coefficient (Wildman–Crippen LogP) is 2.18. The van der Waals surface area contributed by atoms with Crippen LogP contribution in [0, 0.1) is 5.92 Å². The van der Waals surface area contributed by atoms with E-state index in [1.165, 1.54) is 0 Å². The van der Waals surface area contributed by atoms with Crippen LogP contribution in [0.25, 0.3) is 0 Å². The van der Waals surface area contributed by atoms with E-state index in [-0.39, 0.29) is 24.5 Å². The summed E-state index contributed by atoms with van der Waals surface area (Å²) in [7, 11) is 3.85. The second-order valence-electron chi connectivity index (χ2n) is 5.08. The molecule has 1 atom stereocenters. The minimum absolute atomic E-state index is 0.119. The van der Waals surface area contributed by atoms with Crippen LogP contribution in [0.15, 0.2) is 18.2 Å². The highest BCUT2D eigenvalue weighted by Crippen LogP contribution is 2.33. The fourth-order valence-electron chi connectivity index (χ4n) is 2.35. The standard InChI is InChI=1S/C14H19NO3/c1-9(2)13(15(3)4)14(16)10-5-6-11-12(7-10)18-8-17-11/h5-7,9,13H,8H2,1-4H3. The van der Waals surface area contributed by atoms with Gasteiger partial charge in [0.2, 0.25) is 6.79 Å². The van der Waals surface area contributed by atoms with E-state index in [0.29, 0.717) is 17.1 Å². The number of ether oxygens (including phenoxy) is 2. The van der Waals surface area contributed by atoms with Gasteiger partial charge in [0.15, 0.2) is 17.3 Å². The molecule has 18 heavy (non-hydrogen) atoms. The average Bonchev–Trinajstić information content (AvgIpc) is 2.74. The number of rotatable bonds is 4. The van der Waals surface area contributed by atoms with Gasteiger partial charge in [-0.3, -0.25) is 9.69 Å². The molecule has 2 rings (SSSR count). The van der Waals surface area contributed by atoms with Crippen molar-refractivity contribution in [1.82, 2.24) is 4.90 Å². The molecule has 1 unspecified atom stereocenters. The van der Waals surface area contributed by atoms with Gasteiger partial charge in [0.1, 0.15) is 0 Å². The van der Waals surface area contributed by atoms with Gasteiger partial charge < -0.3 is 9.47 Å². The van der Waals surface area contributed by atoms with Crippen LogP contribution in [-0.4, -0.2) is 37.6 Å². The second kappa shape index (κ2) is 4.98. The largest absolute Gasteiger partial charge is 0.454 e. The number of ketones is 1. The summed E-state index contributed by atoms with van der Waals surface area (Å²) in [5.41, 5.74) is 0.673. The van der Waals surface area contributed by atoms with Crippen LogP contribution in [0.1, 0.15) is 24.2 Å². The third kappa shape index (κ3) is 2.34. The van der Waals surface area contributed by atoms with Crippen LogP contribution in [0.5, 0.6) is 11.5 Å². The predicted molar refractivity (Wildman–Crippen MR) is 69.2 cm³/mol. The Kier molecular flexibility index (Phi) is 3.57. The van der Waals surface area contributed by atoms with Crippen molar-refractivity contribution in [2.75, 3.05) is 20.9 Å². The number of benzene rings is 1. The second-order valence-corrected chi connectivity index (χ2v) is 5.08. The molecular formula is C14H19NO3. The highest BCUT2D eigenvalue weighted by atomic mass is 16.7. The van der Waals surface area contributed by atoms with Gasteiger partial charge in [-0.25, -0.2) is 0 Å². The zero-order chi connectivity index (χ0) is 13.3. The van der Waals surface area contributed by atoms with Crippen molar-refractivity contribution in [3.8, 4) is 11.5 Å². The summed E-state index contributed by atoms with van der Waals surface area (Å²) in [5.74, 6) is 1.74. The third-order valence-electron chi connectivity index (χ3n) is 3.11. The Labute approximate surface area is 107 Å². The maximum absolute atomic E-state index is 12.5. The van der Waals surface area contributed by atoms with E-state index in [2.05, 4.69) is 13.8 Å². The lowest BCUT2D eigenvalue weighted by molar-refractivity contribution is 0.0826. The summed E-state index contributed by atoms with van der Waals surface area (Å²) in [6, 6.07) is 5.24. The van der Waals surface area contributed by atoms with E-state index in [9.17, 15) is 4.79 Å². The first-order valence-electron chi connectivity index (χ1n) is 6.11. The van der Waals surface area contributed by atoms with Crippen LogP contribution >= 0.6 is 0 Å². The topological polar surface area (TPSA) is 38.8 Å². The van der Waals surface area contributed by atoms with Crippen molar-refractivity contribution in [3.05, 3.63) is 23.8 Å². The first-order valence-corrected chi connectivity index (χ1v) is 6.11. The van der Waals surface area contributed by atoms with E-state index >= 15 is 0 Å². The lowest BCUT2D eigenvalue weighted by atomic mass is 9.94. The summed E-state index contributed by atoms with van der Waals surface area (Å²) in [6.45, 7) is 4.33. The smallest absolute Gasteiger partial charge is 0.231 e. The Bertz CT molecular complexity index is 446. The zero-order valence-corrected chi connectivity index (χ0v) is 11.3. The van der Waals surface area contributed by atoms with Crippen molar-refractivity contribution in [3.63, 3.8) is 0 Å². The van der Waals surface area contributed by atoms with E-state index in [1.807, 2.05) is 19.0 Å². The number of hydrogen-bond donors (Lipinski definition) is 0. The molecule has 1 aliphatic rings. The molecule has 0 aliphatic carbocycles. The number of fused-ring (bicyclic) bond motifs is 1. The number of carbonyl (C=O) groups excluding carboxylic acids is 1. The number of nitrogens with zero attached hydrogens (tertiary/aromatic N) is 1. The Morgan fingerprint density at radius 1 is 1.22 bits per heavy atom. The Balaban J connectivity index is 2.28. The van der Waals surface area contributed by atoms with Gasteiger partial charge in [-0.1, -0.05) is 13.8 Å². The first kappa shape index (κ1) is 12.9. The molecule has 0 aromatic heterocycles. The fourth-order valence-corrected chi connectivity index (χ4v) is 2.35. The van der Waals surface area contributed by atoms with Crippen LogP contribution < -0.4 is 9.47 Å². The van der Waals surface area contributed by atoms with Gasteiger partial charge in [0.05, 0.1) is 6.04 Å². The summed E-state index contributed by atoms with van der Waals surface area (Å²) in [5, 5.41) is 0. The molecule has 98 valence electrons. The quantitative estimate of drug-likeness (QED) is 0.767. The molecule has 4 nitrogen and oxygen atoms in total. The van der Waals surface area contributed by atoms with E-state index < -0.39 is 0 Å². The number of carbonyl (C=O) groups is 1. The maximum Gasteiger partial charge on any atom is 0.231 e. The molecule has 1 heterocycles. The molecule has 0 bridgehead atoms. The van der Waals surface area contributed by atoms with Gasteiger partial charge >= 0.3 is 0 Å². The zero-order valence-electron chi connectivity index (χ0n) is 11.3. The Morgan fingerprint density at radius 3 is 2.50 bits per heavy atom. The lowest BCUT2D eigenvalue weighted by Gasteiger charge is -2.26. The van der Waals surface area contributed by atoms with Gasteiger partial charge in [0.25, 0.3) is 0 Å². The summed E-state index contributed by atoms with van der Waals surface area (Å²) in [4.78, 5) is 14.4. The minimum atomic E-state index is -0.120. The van der Waals surface area contributed by atoms with Crippen molar-refractivity contribution >= 4 is 5.78 Å². The van der Waals surface area contributed by atoms with Crippen molar-refractivity contribution in [1.29, 1.82) is 0 Å². The Morgan fingerprint density at radius 2 is 1.89 bits per heavy atom. The molecule has 4 heteroatoms. The van der Waals surface area contributed by atoms with Crippen molar-refractivity contribution in [2.45, 2.75) is 19.9 Å². The minimum Gasteiger partial charge on any atom is -0.454 e. The molecule has 0 amide bonds. The molecule has 0 radical (unpaired) electrons. The Hall–Kier alpha value is -1.55. The lowest BCUT2D eigenvalue weighted by Crippen LogP contribution is -2.40. The molecule has 1 aliphatic heterocycles. The maximum atomic E-state index is 12.5. The van der Waals surface area contributed by atoms with Crippen LogP contribution in [0.3, 0.4) is 0 Å². The van der Waals surface area contributed by atoms with E-state index in [4.69, 9.17) is 9.47 Å². The average molecular weight is 249 g/mol. The van der Waals surface area contributed by atoms with Gasteiger partial charge in [0, 0.05) is 5.56 Å².